The summed E-state index contributed by atoms with van der Waals surface area (Å²) in [4.78, 5) is 2.16. The van der Waals surface area contributed by atoms with Gasteiger partial charge < -0.3 is 9.64 Å². The molecular formula is C15H20BrN3O. The van der Waals surface area contributed by atoms with Gasteiger partial charge in [0, 0.05) is 19.2 Å². The van der Waals surface area contributed by atoms with Gasteiger partial charge >= 0.3 is 0 Å². The summed E-state index contributed by atoms with van der Waals surface area (Å²) in [5, 5.41) is 4.26. The zero-order valence-corrected chi connectivity index (χ0v) is 13.7. The summed E-state index contributed by atoms with van der Waals surface area (Å²) in [7, 11) is 6.07. The van der Waals surface area contributed by atoms with Crippen molar-refractivity contribution in [1.29, 1.82) is 0 Å². The van der Waals surface area contributed by atoms with Crippen LogP contribution in [0, 0.1) is 0 Å². The second-order valence-corrected chi connectivity index (χ2v) is 5.82. The van der Waals surface area contributed by atoms with Crippen LogP contribution in [0.5, 0.6) is 5.75 Å². The monoisotopic (exact) mass is 337 g/mol. The molecule has 0 aliphatic rings. The SMILES string of the molecule is CN(C)CCCOc1ccccc1-c1c(Br)cnn1C. The number of benzene rings is 1. The van der Waals surface area contributed by atoms with Crippen LogP contribution in [-0.2, 0) is 7.05 Å². The fourth-order valence-corrected chi connectivity index (χ4v) is 2.63. The maximum absolute atomic E-state index is 5.93. The smallest absolute Gasteiger partial charge is 0.128 e. The maximum atomic E-state index is 5.93. The van der Waals surface area contributed by atoms with Crippen molar-refractivity contribution in [2.24, 2.45) is 7.05 Å². The van der Waals surface area contributed by atoms with E-state index in [-0.39, 0.29) is 0 Å². The van der Waals surface area contributed by atoms with Gasteiger partial charge in [-0.1, -0.05) is 12.1 Å². The molecule has 1 aromatic heterocycles. The number of aryl methyl sites for hydroxylation is 1. The molecule has 0 spiro atoms. The van der Waals surface area contributed by atoms with Crippen molar-refractivity contribution in [2.75, 3.05) is 27.2 Å². The van der Waals surface area contributed by atoms with Crippen LogP contribution in [0.15, 0.2) is 34.9 Å². The van der Waals surface area contributed by atoms with Gasteiger partial charge in [0.15, 0.2) is 0 Å². The Morgan fingerprint density at radius 3 is 2.70 bits per heavy atom. The van der Waals surface area contributed by atoms with Crippen molar-refractivity contribution in [3.05, 3.63) is 34.9 Å². The average Bonchev–Trinajstić information content (AvgIpc) is 2.75. The van der Waals surface area contributed by atoms with Gasteiger partial charge in [-0.15, -0.1) is 0 Å². The molecule has 0 bridgehead atoms. The summed E-state index contributed by atoms with van der Waals surface area (Å²) in [6.07, 6.45) is 2.81. The minimum absolute atomic E-state index is 0.713. The van der Waals surface area contributed by atoms with Crippen LogP contribution in [-0.4, -0.2) is 41.9 Å². The zero-order valence-electron chi connectivity index (χ0n) is 12.1. The quantitative estimate of drug-likeness (QED) is 0.758. The van der Waals surface area contributed by atoms with Gasteiger partial charge in [-0.3, -0.25) is 4.68 Å². The number of halogens is 1. The summed E-state index contributed by atoms with van der Waals surface area (Å²) in [6, 6.07) is 8.07. The standard InChI is InChI=1S/C15H20BrN3O/c1-18(2)9-6-10-20-14-8-5-4-7-12(14)15-13(16)11-17-19(15)3/h4-5,7-8,11H,6,9-10H2,1-3H3. The molecule has 20 heavy (non-hydrogen) atoms. The third kappa shape index (κ3) is 3.61. The van der Waals surface area contributed by atoms with Gasteiger partial charge in [0.1, 0.15) is 5.75 Å². The fraction of sp³-hybridized carbons (Fsp3) is 0.400. The third-order valence-corrected chi connectivity index (χ3v) is 3.62. The molecule has 0 unspecified atom stereocenters. The van der Waals surface area contributed by atoms with Crippen molar-refractivity contribution < 1.29 is 4.74 Å². The minimum Gasteiger partial charge on any atom is -0.493 e. The van der Waals surface area contributed by atoms with E-state index in [1.54, 1.807) is 6.20 Å². The van der Waals surface area contributed by atoms with Gasteiger partial charge in [0.05, 0.1) is 23.0 Å². The van der Waals surface area contributed by atoms with Gasteiger partial charge in [0.2, 0.25) is 0 Å². The Hall–Kier alpha value is -1.33. The van der Waals surface area contributed by atoms with Gasteiger partial charge in [-0.25, -0.2) is 0 Å². The lowest BCUT2D eigenvalue weighted by Gasteiger charge is -2.13. The molecule has 0 aliphatic heterocycles. The van der Waals surface area contributed by atoms with Crippen LogP contribution in [0.2, 0.25) is 0 Å². The Balaban J connectivity index is 2.15. The molecule has 0 saturated carbocycles. The average molecular weight is 338 g/mol. The molecular weight excluding hydrogens is 318 g/mol. The van der Waals surface area contributed by atoms with Gasteiger partial charge in [-0.2, -0.15) is 5.10 Å². The highest BCUT2D eigenvalue weighted by atomic mass is 79.9. The first-order valence-electron chi connectivity index (χ1n) is 6.64. The lowest BCUT2D eigenvalue weighted by molar-refractivity contribution is 0.282. The van der Waals surface area contributed by atoms with E-state index < -0.39 is 0 Å². The predicted molar refractivity (Wildman–Crippen MR) is 85.0 cm³/mol. The second-order valence-electron chi connectivity index (χ2n) is 4.97. The van der Waals surface area contributed by atoms with E-state index in [1.807, 2.05) is 29.9 Å². The molecule has 0 N–H and O–H groups in total. The molecule has 0 aliphatic carbocycles. The summed E-state index contributed by atoms with van der Waals surface area (Å²) in [6.45, 7) is 1.74. The molecule has 1 heterocycles. The number of para-hydroxylation sites is 1. The van der Waals surface area contributed by atoms with E-state index in [1.165, 1.54) is 0 Å². The topological polar surface area (TPSA) is 30.3 Å². The first-order chi connectivity index (χ1) is 9.59. The highest BCUT2D eigenvalue weighted by Gasteiger charge is 2.13. The number of rotatable bonds is 6. The highest BCUT2D eigenvalue weighted by molar-refractivity contribution is 9.10. The molecule has 0 fully saturated rings. The first kappa shape index (κ1) is 15.1. The Labute approximate surface area is 128 Å². The lowest BCUT2D eigenvalue weighted by Crippen LogP contribution is -2.15. The molecule has 2 aromatic rings. The largest absolute Gasteiger partial charge is 0.493 e. The predicted octanol–water partition coefficient (Wildman–Crippen LogP) is 3.18. The van der Waals surface area contributed by atoms with Crippen molar-refractivity contribution in [1.82, 2.24) is 14.7 Å². The highest BCUT2D eigenvalue weighted by Crippen LogP contribution is 2.34. The van der Waals surface area contributed by atoms with E-state index in [9.17, 15) is 0 Å². The summed E-state index contributed by atoms with van der Waals surface area (Å²) in [5.74, 6) is 0.899. The van der Waals surface area contributed by atoms with E-state index in [2.05, 4.69) is 46.1 Å². The van der Waals surface area contributed by atoms with Crippen molar-refractivity contribution in [3.63, 3.8) is 0 Å². The van der Waals surface area contributed by atoms with Gasteiger partial charge in [-0.05, 0) is 48.6 Å². The van der Waals surface area contributed by atoms with E-state index >= 15 is 0 Å². The molecule has 0 saturated heterocycles. The Kier molecular flexibility index (Phi) is 5.20. The van der Waals surface area contributed by atoms with Crippen LogP contribution in [0.25, 0.3) is 11.3 Å². The van der Waals surface area contributed by atoms with Gasteiger partial charge in [0.25, 0.3) is 0 Å². The molecule has 0 radical (unpaired) electrons. The molecule has 0 amide bonds. The molecule has 2 rings (SSSR count). The number of nitrogens with zero attached hydrogens (tertiary/aromatic N) is 3. The number of hydrogen-bond acceptors (Lipinski definition) is 3. The Morgan fingerprint density at radius 2 is 2.05 bits per heavy atom. The first-order valence-corrected chi connectivity index (χ1v) is 7.43. The fourth-order valence-electron chi connectivity index (χ4n) is 2.06. The van der Waals surface area contributed by atoms with E-state index in [4.69, 9.17) is 4.74 Å². The van der Waals surface area contributed by atoms with Crippen LogP contribution in [0.1, 0.15) is 6.42 Å². The van der Waals surface area contributed by atoms with Crippen molar-refractivity contribution >= 4 is 15.9 Å². The van der Waals surface area contributed by atoms with E-state index in [0.29, 0.717) is 6.61 Å². The zero-order chi connectivity index (χ0) is 14.5. The van der Waals surface area contributed by atoms with Crippen molar-refractivity contribution in [3.8, 4) is 17.0 Å². The molecule has 0 atom stereocenters. The number of ether oxygens (including phenoxy) is 1. The summed E-state index contributed by atoms with van der Waals surface area (Å²) < 4.78 is 8.76. The van der Waals surface area contributed by atoms with Crippen molar-refractivity contribution in [2.45, 2.75) is 6.42 Å². The van der Waals surface area contributed by atoms with Crippen LogP contribution >= 0.6 is 15.9 Å². The Morgan fingerprint density at radius 1 is 1.30 bits per heavy atom. The molecule has 1 aromatic carbocycles. The van der Waals surface area contributed by atoms with Crippen LogP contribution in [0.3, 0.4) is 0 Å². The molecule has 5 heteroatoms. The van der Waals surface area contributed by atoms with E-state index in [0.717, 1.165) is 34.4 Å². The second kappa shape index (κ2) is 6.90. The molecule has 108 valence electrons. The molecule has 4 nitrogen and oxygen atoms in total. The number of hydrogen-bond donors (Lipinski definition) is 0. The number of aromatic nitrogens is 2. The summed E-state index contributed by atoms with van der Waals surface area (Å²) in [5.41, 5.74) is 2.09. The lowest BCUT2D eigenvalue weighted by atomic mass is 10.1. The Bertz CT molecular complexity index is 546. The third-order valence-electron chi connectivity index (χ3n) is 3.04. The maximum Gasteiger partial charge on any atom is 0.128 e. The van der Waals surface area contributed by atoms with Crippen LogP contribution < -0.4 is 4.74 Å². The van der Waals surface area contributed by atoms with Crippen LogP contribution in [0.4, 0.5) is 0 Å². The normalized spacial score (nSPS) is 11.1. The minimum atomic E-state index is 0.713. The summed E-state index contributed by atoms with van der Waals surface area (Å²) >= 11 is 3.54.